The maximum atomic E-state index is 11.0. The van der Waals surface area contributed by atoms with Crippen molar-refractivity contribution in [1.82, 2.24) is 9.78 Å². The van der Waals surface area contributed by atoms with E-state index in [2.05, 4.69) is 17.2 Å². The summed E-state index contributed by atoms with van der Waals surface area (Å²) in [7, 11) is 1.78. The molecule has 1 aromatic heterocycles. The van der Waals surface area contributed by atoms with Crippen molar-refractivity contribution in [3.63, 3.8) is 0 Å². The van der Waals surface area contributed by atoms with Crippen LogP contribution in [-0.4, -0.2) is 20.9 Å². The standard InChI is InChI=1S/C15H16N2O2/c1-17-14(9-13(16-17)15(18)19)12-7-3-6-11(8-12)10-4-2-5-10/h3,6-10H,2,4-5H2,1H3,(H,18,19). The number of benzene rings is 1. The van der Waals surface area contributed by atoms with Crippen LogP contribution in [-0.2, 0) is 7.05 Å². The summed E-state index contributed by atoms with van der Waals surface area (Å²) in [4.78, 5) is 11.0. The van der Waals surface area contributed by atoms with Crippen LogP contribution in [0.3, 0.4) is 0 Å². The second kappa shape index (κ2) is 4.53. The molecule has 98 valence electrons. The Bertz CT molecular complexity index is 627. The van der Waals surface area contributed by atoms with Gasteiger partial charge in [-0.3, -0.25) is 4.68 Å². The van der Waals surface area contributed by atoms with E-state index >= 15 is 0 Å². The zero-order valence-electron chi connectivity index (χ0n) is 10.8. The first-order valence-electron chi connectivity index (χ1n) is 6.53. The average Bonchev–Trinajstić information content (AvgIpc) is 2.70. The van der Waals surface area contributed by atoms with Crippen LogP contribution in [0, 0.1) is 0 Å². The first-order chi connectivity index (χ1) is 9.15. The van der Waals surface area contributed by atoms with Crippen molar-refractivity contribution in [3.05, 3.63) is 41.6 Å². The lowest BCUT2D eigenvalue weighted by molar-refractivity contribution is 0.0689. The zero-order valence-corrected chi connectivity index (χ0v) is 10.8. The van der Waals surface area contributed by atoms with E-state index < -0.39 is 5.97 Å². The zero-order chi connectivity index (χ0) is 13.4. The van der Waals surface area contributed by atoms with Crippen LogP contribution >= 0.6 is 0 Å². The Kier molecular flexibility index (Phi) is 2.85. The van der Waals surface area contributed by atoms with Gasteiger partial charge in [-0.05, 0) is 36.5 Å². The summed E-state index contributed by atoms with van der Waals surface area (Å²) in [5, 5.41) is 13.0. The summed E-state index contributed by atoms with van der Waals surface area (Å²) in [5.41, 5.74) is 3.32. The Morgan fingerprint density at radius 2 is 2.16 bits per heavy atom. The fourth-order valence-electron chi connectivity index (χ4n) is 2.54. The van der Waals surface area contributed by atoms with Crippen molar-refractivity contribution in [2.45, 2.75) is 25.2 Å². The minimum atomic E-state index is -0.989. The maximum Gasteiger partial charge on any atom is 0.356 e. The molecule has 1 heterocycles. The molecule has 1 aliphatic carbocycles. The van der Waals surface area contributed by atoms with Crippen molar-refractivity contribution in [2.24, 2.45) is 7.05 Å². The lowest BCUT2D eigenvalue weighted by Gasteiger charge is -2.26. The highest BCUT2D eigenvalue weighted by Gasteiger charge is 2.20. The highest BCUT2D eigenvalue weighted by atomic mass is 16.4. The van der Waals surface area contributed by atoms with Crippen LogP contribution in [0.25, 0.3) is 11.3 Å². The van der Waals surface area contributed by atoms with Gasteiger partial charge >= 0.3 is 5.97 Å². The Balaban J connectivity index is 1.99. The number of aryl methyl sites for hydroxylation is 1. The number of hydrogen-bond donors (Lipinski definition) is 1. The predicted octanol–water partition coefficient (Wildman–Crippen LogP) is 3.05. The fraction of sp³-hybridized carbons (Fsp3) is 0.333. The average molecular weight is 256 g/mol. The molecule has 2 aromatic rings. The SMILES string of the molecule is Cn1nc(C(=O)O)cc1-c1cccc(C2CCC2)c1. The third kappa shape index (κ3) is 2.14. The third-order valence-electron chi connectivity index (χ3n) is 3.86. The van der Waals surface area contributed by atoms with Crippen LogP contribution in [0.4, 0.5) is 0 Å². The van der Waals surface area contributed by atoms with Crippen LogP contribution in [0.1, 0.15) is 41.2 Å². The molecule has 1 aliphatic rings. The molecular formula is C15H16N2O2. The molecule has 0 bridgehead atoms. The molecule has 0 unspecified atom stereocenters. The van der Waals surface area contributed by atoms with Gasteiger partial charge in [-0.1, -0.05) is 24.6 Å². The number of aromatic carboxylic acids is 1. The van der Waals surface area contributed by atoms with Crippen molar-refractivity contribution in [3.8, 4) is 11.3 Å². The molecular weight excluding hydrogens is 240 g/mol. The number of carbonyl (C=O) groups is 1. The summed E-state index contributed by atoms with van der Waals surface area (Å²) in [6, 6.07) is 9.98. The second-order valence-corrected chi connectivity index (χ2v) is 5.10. The van der Waals surface area contributed by atoms with E-state index in [1.165, 1.54) is 24.8 Å². The van der Waals surface area contributed by atoms with E-state index in [0.717, 1.165) is 11.3 Å². The van der Waals surface area contributed by atoms with E-state index in [4.69, 9.17) is 5.11 Å². The minimum absolute atomic E-state index is 0.0894. The summed E-state index contributed by atoms with van der Waals surface area (Å²) in [5.74, 6) is -0.316. The van der Waals surface area contributed by atoms with Gasteiger partial charge in [0, 0.05) is 12.6 Å². The van der Waals surface area contributed by atoms with Gasteiger partial charge in [-0.2, -0.15) is 5.10 Å². The van der Waals surface area contributed by atoms with Gasteiger partial charge in [-0.25, -0.2) is 4.79 Å². The van der Waals surface area contributed by atoms with Gasteiger partial charge in [0.25, 0.3) is 0 Å². The van der Waals surface area contributed by atoms with E-state index in [0.29, 0.717) is 5.92 Å². The number of carboxylic acids is 1. The summed E-state index contributed by atoms with van der Waals surface area (Å²) < 4.78 is 1.63. The molecule has 1 saturated carbocycles. The molecule has 4 nitrogen and oxygen atoms in total. The highest BCUT2D eigenvalue weighted by molar-refractivity contribution is 5.87. The van der Waals surface area contributed by atoms with Gasteiger partial charge in [0.15, 0.2) is 5.69 Å². The normalized spacial score (nSPS) is 15.2. The molecule has 0 radical (unpaired) electrons. The summed E-state index contributed by atoms with van der Waals surface area (Å²) in [6.45, 7) is 0. The van der Waals surface area contributed by atoms with E-state index in [1.807, 2.05) is 12.1 Å². The van der Waals surface area contributed by atoms with Crippen LogP contribution in [0.5, 0.6) is 0 Å². The molecule has 1 aromatic carbocycles. The molecule has 0 saturated heterocycles. The van der Waals surface area contributed by atoms with Gasteiger partial charge < -0.3 is 5.11 Å². The van der Waals surface area contributed by atoms with Crippen molar-refractivity contribution >= 4 is 5.97 Å². The maximum absolute atomic E-state index is 11.0. The summed E-state index contributed by atoms with van der Waals surface area (Å²) >= 11 is 0. The smallest absolute Gasteiger partial charge is 0.356 e. The van der Waals surface area contributed by atoms with Crippen molar-refractivity contribution < 1.29 is 9.90 Å². The molecule has 0 atom stereocenters. The largest absolute Gasteiger partial charge is 0.476 e. The fourth-order valence-corrected chi connectivity index (χ4v) is 2.54. The molecule has 0 amide bonds. The number of rotatable bonds is 3. The predicted molar refractivity (Wildman–Crippen MR) is 72.2 cm³/mol. The minimum Gasteiger partial charge on any atom is -0.476 e. The quantitative estimate of drug-likeness (QED) is 0.918. The van der Waals surface area contributed by atoms with Gasteiger partial charge in [0.05, 0.1) is 5.69 Å². The Morgan fingerprint density at radius 1 is 1.37 bits per heavy atom. The van der Waals surface area contributed by atoms with Gasteiger partial charge in [0.1, 0.15) is 0 Å². The molecule has 0 aliphatic heterocycles. The highest BCUT2D eigenvalue weighted by Crippen LogP contribution is 2.37. The van der Waals surface area contributed by atoms with E-state index in [9.17, 15) is 4.79 Å². The van der Waals surface area contributed by atoms with E-state index in [-0.39, 0.29) is 5.69 Å². The number of hydrogen-bond acceptors (Lipinski definition) is 2. The lowest BCUT2D eigenvalue weighted by Crippen LogP contribution is -2.08. The number of nitrogens with zero attached hydrogens (tertiary/aromatic N) is 2. The van der Waals surface area contributed by atoms with Crippen LogP contribution < -0.4 is 0 Å². The third-order valence-corrected chi connectivity index (χ3v) is 3.86. The first-order valence-corrected chi connectivity index (χ1v) is 6.53. The molecule has 1 N–H and O–H groups in total. The Labute approximate surface area is 111 Å². The molecule has 0 spiro atoms. The molecule has 1 fully saturated rings. The Morgan fingerprint density at radius 3 is 2.74 bits per heavy atom. The monoisotopic (exact) mass is 256 g/mol. The molecule has 3 rings (SSSR count). The number of aromatic nitrogens is 2. The van der Waals surface area contributed by atoms with Gasteiger partial charge in [-0.15, -0.1) is 0 Å². The van der Waals surface area contributed by atoms with E-state index in [1.54, 1.807) is 17.8 Å². The first kappa shape index (κ1) is 12.0. The number of carboxylic acid groups (broad SMARTS) is 1. The lowest BCUT2D eigenvalue weighted by atomic mass is 9.79. The second-order valence-electron chi connectivity index (χ2n) is 5.10. The van der Waals surface area contributed by atoms with Crippen LogP contribution in [0.2, 0.25) is 0 Å². The summed E-state index contributed by atoms with van der Waals surface area (Å²) in [6.07, 6.45) is 3.83. The van der Waals surface area contributed by atoms with Crippen LogP contribution in [0.15, 0.2) is 30.3 Å². The Hall–Kier alpha value is -2.10. The molecule has 4 heteroatoms. The van der Waals surface area contributed by atoms with Gasteiger partial charge in [0.2, 0.25) is 0 Å². The topological polar surface area (TPSA) is 55.1 Å². The van der Waals surface area contributed by atoms with Crippen molar-refractivity contribution in [2.75, 3.05) is 0 Å². The van der Waals surface area contributed by atoms with Crippen molar-refractivity contribution in [1.29, 1.82) is 0 Å². The molecule has 19 heavy (non-hydrogen) atoms.